The number of urea groups is 1. The lowest BCUT2D eigenvalue weighted by Crippen LogP contribution is -2.38. The number of nitrogens with one attached hydrogen (secondary N) is 2. The number of aromatic nitrogens is 2. The van der Waals surface area contributed by atoms with Crippen LogP contribution in [0.15, 0.2) is 16.9 Å². The molecule has 0 fully saturated rings. The number of carbonyl (C=O) groups excluding carboxylic acids is 1. The molecule has 0 bridgehead atoms. The first-order valence-corrected chi connectivity index (χ1v) is 5.78. The highest BCUT2D eigenvalue weighted by Gasteiger charge is 2.01. The number of hydrogen-bond acceptors (Lipinski definition) is 3. The highest BCUT2D eigenvalue weighted by atomic mass is 79.9. The lowest BCUT2D eigenvalue weighted by molar-refractivity contribution is -0.136. The number of nitrogens with zero attached hydrogens (tertiary/aromatic N) is 2. The number of hydrogen-bond donors (Lipinski definition) is 3. The summed E-state index contributed by atoms with van der Waals surface area (Å²) in [7, 11) is 0. The van der Waals surface area contributed by atoms with Crippen molar-refractivity contribution >= 4 is 27.9 Å². The van der Waals surface area contributed by atoms with Crippen molar-refractivity contribution < 1.29 is 14.7 Å². The average molecular weight is 305 g/mol. The summed E-state index contributed by atoms with van der Waals surface area (Å²) < 4.78 is 2.56. The molecule has 0 radical (unpaired) electrons. The second-order valence-electron chi connectivity index (χ2n) is 3.25. The third kappa shape index (κ3) is 5.91. The number of carboxylic acids is 1. The van der Waals surface area contributed by atoms with Crippen LogP contribution in [0.4, 0.5) is 4.79 Å². The molecule has 0 aromatic carbocycles. The molecule has 0 spiro atoms. The van der Waals surface area contributed by atoms with E-state index in [9.17, 15) is 9.59 Å². The zero-order valence-corrected chi connectivity index (χ0v) is 10.6. The molecule has 8 heteroatoms. The number of carbonyl (C=O) groups is 2. The first-order chi connectivity index (χ1) is 8.08. The molecule has 94 valence electrons. The molecule has 1 heterocycles. The number of rotatable bonds is 6. The molecule has 0 atom stereocenters. The van der Waals surface area contributed by atoms with Crippen LogP contribution < -0.4 is 10.6 Å². The number of carboxylic acid groups (broad SMARTS) is 1. The summed E-state index contributed by atoms with van der Waals surface area (Å²) in [6.45, 7) is 1.10. The molecule has 0 aliphatic heterocycles. The molecule has 0 aliphatic rings. The van der Waals surface area contributed by atoms with Gasteiger partial charge >= 0.3 is 12.0 Å². The maximum atomic E-state index is 11.2. The highest BCUT2D eigenvalue weighted by Crippen LogP contribution is 2.05. The second kappa shape index (κ2) is 6.89. The summed E-state index contributed by atoms with van der Waals surface area (Å²) in [4.78, 5) is 21.4. The molecule has 0 aliphatic carbocycles. The Morgan fingerprint density at radius 1 is 1.41 bits per heavy atom. The van der Waals surface area contributed by atoms with E-state index in [0.717, 1.165) is 4.47 Å². The smallest absolute Gasteiger partial charge is 0.314 e. The second-order valence-corrected chi connectivity index (χ2v) is 4.16. The van der Waals surface area contributed by atoms with Gasteiger partial charge in [0.2, 0.25) is 0 Å². The Balaban J connectivity index is 2.10. The summed E-state index contributed by atoms with van der Waals surface area (Å²) in [6.07, 6.45) is 3.37. The third-order valence-corrected chi connectivity index (χ3v) is 2.26. The van der Waals surface area contributed by atoms with Gasteiger partial charge in [-0.05, 0) is 15.9 Å². The van der Waals surface area contributed by atoms with Crippen molar-refractivity contribution in [2.75, 3.05) is 13.1 Å². The van der Waals surface area contributed by atoms with E-state index in [2.05, 4.69) is 31.7 Å². The average Bonchev–Trinajstić information content (AvgIpc) is 2.63. The SMILES string of the molecule is O=C(O)CCNC(=O)NCCn1cc(Br)cn1. The van der Waals surface area contributed by atoms with Crippen molar-refractivity contribution in [1.29, 1.82) is 0 Å². The monoisotopic (exact) mass is 304 g/mol. The number of aliphatic carboxylic acids is 1. The minimum Gasteiger partial charge on any atom is -0.481 e. The van der Waals surface area contributed by atoms with Gasteiger partial charge in [-0.25, -0.2) is 4.79 Å². The van der Waals surface area contributed by atoms with Crippen LogP contribution in [0.2, 0.25) is 0 Å². The fraction of sp³-hybridized carbons (Fsp3) is 0.444. The molecule has 1 aromatic heterocycles. The van der Waals surface area contributed by atoms with Gasteiger partial charge < -0.3 is 15.7 Å². The summed E-state index contributed by atoms with van der Waals surface area (Å²) in [5.41, 5.74) is 0. The van der Waals surface area contributed by atoms with Crippen molar-refractivity contribution in [2.45, 2.75) is 13.0 Å². The Morgan fingerprint density at radius 2 is 2.12 bits per heavy atom. The van der Waals surface area contributed by atoms with Crippen molar-refractivity contribution in [3.8, 4) is 0 Å². The van der Waals surface area contributed by atoms with E-state index in [4.69, 9.17) is 5.11 Å². The molecule has 0 unspecified atom stereocenters. The maximum absolute atomic E-state index is 11.2. The van der Waals surface area contributed by atoms with Gasteiger partial charge in [0.05, 0.1) is 23.6 Å². The topological polar surface area (TPSA) is 96.3 Å². The van der Waals surface area contributed by atoms with E-state index in [1.54, 1.807) is 17.1 Å². The van der Waals surface area contributed by atoms with Crippen LogP contribution in [0.25, 0.3) is 0 Å². The van der Waals surface area contributed by atoms with E-state index >= 15 is 0 Å². The summed E-state index contributed by atoms with van der Waals surface area (Å²) in [5.74, 6) is -0.938. The van der Waals surface area contributed by atoms with E-state index < -0.39 is 5.97 Å². The molecule has 7 nitrogen and oxygen atoms in total. The van der Waals surface area contributed by atoms with E-state index in [0.29, 0.717) is 13.1 Å². The van der Waals surface area contributed by atoms with Crippen molar-refractivity contribution in [2.24, 2.45) is 0 Å². The molecule has 17 heavy (non-hydrogen) atoms. The van der Waals surface area contributed by atoms with E-state index in [1.807, 2.05) is 0 Å². The maximum Gasteiger partial charge on any atom is 0.314 e. The Morgan fingerprint density at radius 3 is 2.71 bits per heavy atom. The number of halogens is 1. The standard InChI is InChI=1S/C9H13BrN4O3/c10-7-5-13-14(6-7)4-3-12-9(17)11-2-1-8(15)16/h5-6H,1-4H2,(H,15,16)(H2,11,12,17). The predicted molar refractivity (Wildman–Crippen MR) is 63.6 cm³/mol. The molecule has 0 saturated heterocycles. The molecular formula is C9H13BrN4O3. The van der Waals surface area contributed by atoms with Crippen molar-refractivity contribution in [3.63, 3.8) is 0 Å². The lowest BCUT2D eigenvalue weighted by atomic mass is 10.4. The highest BCUT2D eigenvalue weighted by molar-refractivity contribution is 9.10. The third-order valence-electron chi connectivity index (χ3n) is 1.85. The predicted octanol–water partition coefficient (Wildman–Crippen LogP) is 0.420. The van der Waals surface area contributed by atoms with Gasteiger partial charge in [0.15, 0.2) is 0 Å². The largest absolute Gasteiger partial charge is 0.481 e. The first kappa shape index (κ1) is 13.5. The van der Waals surface area contributed by atoms with Crippen LogP contribution in [0, 0.1) is 0 Å². The summed E-state index contributed by atoms with van der Waals surface area (Å²) in [5, 5.41) is 17.4. The van der Waals surface area contributed by atoms with Crippen LogP contribution in [0.3, 0.4) is 0 Å². The molecule has 1 aromatic rings. The molecule has 3 N–H and O–H groups in total. The van der Waals surface area contributed by atoms with Crippen molar-refractivity contribution in [1.82, 2.24) is 20.4 Å². The normalized spacial score (nSPS) is 9.94. The molecule has 0 saturated carbocycles. The van der Waals surface area contributed by atoms with Crippen LogP contribution in [0.1, 0.15) is 6.42 Å². The van der Waals surface area contributed by atoms with Gasteiger partial charge in [-0.15, -0.1) is 0 Å². The fourth-order valence-corrected chi connectivity index (χ4v) is 1.42. The molecular weight excluding hydrogens is 292 g/mol. The van der Waals surface area contributed by atoms with Gasteiger partial charge in [0.1, 0.15) is 0 Å². The Labute approximate surface area is 106 Å². The Kier molecular flexibility index (Phi) is 5.47. The first-order valence-electron chi connectivity index (χ1n) is 4.99. The van der Waals surface area contributed by atoms with Gasteiger partial charge in [0, 0.05) is 19.3 Å². The van der Waals surface area contributed by atoms with Crippen LogP contribution in [-0.4, -0.2) is 40.0 Å². The Hall–Kier alpha value is -1.57. The van der Waals surface area contributed by atoms with Crippen LogP contribution in [-0.2, 0) is 11.3 Å². The lowest BCUT2D eigenvalue weighted by Gasteiger charge is -2.06. The molecule has 2 amide bonds. The van der Waals surface area contributed by atoms with E-state index in [-0.39, 0.29) is 19.0 Å². The summed E-state index contributed by atoms with van der Waals surface area (Å²) >= 11 is 3.26. The molecule has 1 rings (SSSR count). The quantitative estimate of drug-likeness (QED) is 0.709. The van der Waals surface area contributed by atoms with Gasteiger partial charge in [-0.1, -0.05) is 0 Å². The Bertz CT molecular complexity index is 393. The van der Waals surface area contributed by atoms with E-state index in [1.165, 1.54) is 0 Å². The number of amides is 2. The van der Waals surface area contributed by atoms with Crippen molar-refractivity contribution in [3.05, 3.63) is 16.9 Å². The van der Waals surface area contributed by atoms with Crippen LogP contribution >= 0.6 is 15.9 Å². The minimum atomic E-state index is -0.938. The van der Waals surface area contributed by atoms with Gasteiger partial charge in [-0.3, -0.25) is 9.48 Å². The zero-order valence-electron chi connectivity index (χ0n) is 9.02. The minimum absolute atomic E-state index is 0.0838. The fourth-order valence-electron chi connectivity index (χ4n) is 1.09. The summed E-state index contributed by atoms with van der Waals surface area (Å²) in [6, 6.07) is -0.377. The zero-order chi connectivity index (χ0) is 12.7. The van der Waals surface area contributed by atoms with Crippen LogP contribution in [0.5, 0.6) is 0 Å². The van der Waals surface area contributed by atoms with Gasteiger partial charge in [-0.2, -0.15) is 5.10 Å². The van der Waals surface area contributed by atoms with Gasteiger partial charge in [0.25, 0.3) is 0 Å².